The fraction of sp³-hybridized carbons (Fsp3) is 0.188. The SMILES string of the molecule is CCOC(=O)C=C(C)Nc1ccc2ccccc2c1. The summed E-state index contributed by atoms with van der Waals surface area (Å²) in [5.74, 6) is -0.326. The Morgan fingerprint density at radius 1 is 1.21 bits per heavy atom. The number of hydrogen-bond acceptors (Lipinski definition) is 3. The third kappa shape index (κ3) is 3.58. The molecule has 2 rings (SSSR count). The molecule has 3 heteroatoms. The molecule has 0 atom stereocenters. The number of esters is 1. The fourth-order valence-electron chi connectivity index (χ4n) is 1.89. The molecule has 0 aromatic heterocycles. The number of anilines is 1. The monoisotopic (exact) mass is 255 g/mol. The maximum atomic E-state index is 11.3. The second-order valence-electron chi connectivity index (χ2n) is 4.27. The Balaban J connectivity index is 2.14. The Kier molecular flexibility index (Phi) is 4.18. The highest BCUT2D eigenvalue weighted by Crippen LogP contribution is 2.19. The first-order valence-corrected chi connectivity index (χ1v) is 6.30. The van der Waals surface area contributed by atoms with Gasteiger partial charge in [0.25, 0.3) is 0 Å². The molecule has 3 nitrogen and oxygen atoms in total. The Hall–Kier alpha value is -2.29. The van der Waals surface area contributed by atoms with Crippen LogP contribution in [0.5, 0.6) is 0 Å². The van der Waals surface area contributed by atoms with Crippen LogP contribution in [0.4, 0.5) is 5.69 Å². The van der Waals surface area contributed by atoms with Gasteiger partial charge in [-0.15, -0.1) is 0 Å². The number of carbonyl (C=O) groups is 1. The van der Waals surface area contributed by atoms with Gasteiger partial charge in [-0.1, -0.05) is 30.3 Å². The molecule has 0 radical (unpaired) electrons. The van der Waals surface area contributed by atoms with Gasteiger partial charge in [-0.05, 0) is 36.8 Å². The lowest BCUT2D eigenvalue weighted by Crippen LogP contribution is -2.04. The van der Waals surface area contributed by atoms with Crippen molar-refractivity contribution >= 4 is 22.4 Å². The van der Waals surface area contributed by atoms with Crippen LogP contribution in [0, 0.1) is 0 Å². The molecule has 1 N–H and O–H groups in total. The molecule has 0 saturated carbocycles. The average molecular weight is 255 g/mol. The summed E-state index contributed by atoms with van der Waals surface area (Å²) in [5.41, 5.74) is 1.71. The molecule has 0 spiro atoms. The van der Waals surface area contributed by atoms with E-state index in [2.05, 4.69) is 29.6 Å². The lowest BCUT2D eigenvalue weighted by atomic mass is 10.1. The van der Waals surface area contributed by atoms with Gasteiger partial charge < -0.3 is 10.1 Å². The van der Waals surface area contributed by atoms with E-state index in [1.54, 1.807) is 6.92 Å². The summed E-state index contributed by atoms with van der Waals surface area (Å²) >= 11 is 0. The molecule has 0 unspecified atom stereocenters. The third-order valence-electron chi connectivity index (χ3n) is 2.71. The van der Waals surface area contributed by atoms with E-state index in [1.165, 1.54) is 11.5 Å². The Bertz CT molecular complexity index is 617. The summed E-state index contributed by atoms with van der Waals surface area (Å²) in [4.78, 5) is 11.3. The zero-order valence-electron chi connectivity index (χ0n) is 11.1. The molecule has 0 bridgehead atoms. The Morgan fingerprint density at radius 3 is 2.68 bits per heavy atom. The number of benzene rings is 2. The topological polar surface area (TPSA) is 38.3 Å². The van der Waals surface area contributed by atoms with E-state index in [-0.39, 0.29) is 5.97 Å². The van der Waals surface area contributed by atoms with Crippen LogP contribution in [0.15, 0.2) is 54.2 Å². The van der Waals surface area contributed by atoms with Crippen molar-refractivity contribution in [1.82, 2.24) is 0 Å². The number of fused-ring (bicyclic) bond motifs is 1. The van der Waals surface area contributed by atoms with Crippen molar-refractivity contribution in [3.63, 3.8) is 0 Å². The van der Waals surface area contributed by atoms with Gasteiger partial charge in [0.1, 0.15) is 0 Å². The first kappa shape index (κ1) is 13.1. The highest BCUT2D eigenvalue weighted by molar-refractivity contribution is 5.87. The second-order valence-corrected chi connectivity index (χ2v) is 4.27. The molecule has 2 aromatic carbocycles. The van der Waals surface area contributed by atoms with Crippen LogP contribution in [-0.2, 0) is 9.53 Å². The van der Waals surface area contributed by atoms with Crippen molar-refractivity contribution in [2.75, 3.05) is 11.9 Å². The van der Waals surface area contributed by atoms with Gasteiger partial charge in [0.2, 0.25) is 0 Å². The number of allylic oxidation sites excluding steroid dienone is 1. The maximum Gasteiger partial charge on any atom is 0.332 e. The predicted molar refractivity (Wildman–Crippen MR) is 78.0 cm³/mol. The summed E-state index contributed by atoms with van der Waals surface area (Å²) in [6.07, 6.45) is 1.46. The highest BCUT2D eigenvalue weighted by atomic mass is 16.5. The molecular weight excluding hydrogens is 238 g/mol. The van der Waals surface area contributed by atoms with Gasteiger partial charge in [-0.3, -0.25) is 0 Å². The summed E-state index contributed by atoms with van der Waals surface area (Å²) in [5, 5.41) is 5.54. The molecule has 0 fully saturated rings. The lowest BCUT2D eigenvalue weighted by Gasteiger charge is -2.08. The summed E-state index contributed by atoms with van der Waals surface area (Å²) < 4.78 is 4.87. The van der Waals surface area contributed by atoms with E-state index in [1.807, 2.05) is 25.1 Å². The van der Waals surface area contributed by atoms with Gasteiger partial charge in [0.05, 0.1) is 6.61 Å². The molecule has 0 saturated heterocycles. The summed E-state index contributed by atoms with van der Waals surface area (Å²) in [6, 6.07) is 14.2. The van der Waals surface area contributed by atoms with Crippen LogP contribution in [-0.4, -0.2) is 12.6 Å². The van der Waals surface area contributed by atoms with Crippen molar-refractivity contribution in [2.24, 2.45) is 0 Å². The molecule has 0 aliphatic carbocycles. The van der Waals surface area contributed by atoms with E-state index < -0.39 is 0 Å². The molecule has 0 aliphatic rings. The fourth-order valence-corrected chi connectivity index (χ4v) is 1.89. The lowest BCUT2D eigenvalue weighted by molar-refractivity contribution is -0.137. The summed E-state index contributed by atoms with van der Waals surface area (Å²) in [6.45, 7) is 4.02. The highest BCUT2D eigenvalue weighted by Gasteiger charge is 2.00. The Morgan fingerprint density at radius 2 is 1.95 bits per heavy atom. The van der Waals surface area contributed by atoms with Gasteiger partial charge >= 0.3 is 5.97 Å². The van der Waals surface area contributed by atoms with Crippen molar-refractivity contribution in [2.45, 2.75) is 13.8 Å². The normalized spacial score (nSPS) is 11.4. The van der Waals surface area contributed by atoms with Crippen molar-refractivity contribution in [1.29, 1.82) is 0 Å². The van der Waals surface area contributed by atoms with Crippen LogP contribution in [0.2, 0.25) is 0 Å². The van der Waals surface area contributed by atoms with E-state index in [0.717, 1.165) is 16.8 Å². The number of nitrogens with one attached hydrogen (secondary N) is 1. The van der Waals surface area contributed by atoms with E-state index in [4.69, 9.17) is 4.74 Å². The van der Waals surface area contributed by atoms with E-state index in [0.29, 0.717) is 6.61 Å². The molecule has 0 heterocycles. The smallest absolute Gasteiger partial charge is 0.332 e. The van der Waals surface area contributed by atoms with Crippen molar-refractivity contribution in [3.8, 4) is 0 Å². The summed E-state index contributed by atoms with van der Waals surface area (Å²) in [7, 11) is 0. The molecular formula is C16H17NO2. The second kappa shape index (κ2) is 6.05. The third-order valence-corrected chi connectivity index (χ3v) is 2.71. The number of ether oxygens (including phenoxy) is 1. The van der Waals surface area contributed by atoms with E-state index >= 15 is 0 Å². The Labute approximate surface area is 112 Å². The minimum atomic E-state index is -0.326. The zero-order chi connectivity index (χ0) is 13.7. The van der Waals surface area contributed by atoms with Gasteiger partial charge in [0, 0.05) is 17.5 Å². The van der Waals surface area contributed by atoms with E-state index in [9.17, 15) is 4.79 Å². The molecule has 0 aliphatic heterocycles. The van der Waals surface area contributed by atoms with Crippen molar-refractivity contribution < 1.29 is 9.53 Å². The van der Waals surface area contributed by atoms with Crippen LogP contribution < -0.4 is 5.32 Å². The minimum absolute atomic E-state index is 0.326. The quantitative estimate of drug-likeness (QED) is 0.668. The first-order chi connectivity index (χ1) is 9.19. The first-order valence-electron chi connectivity index (χ1n) is 6.30. The number of carbonyl (C=O) groups excluding carboxylic acids is 1. The standard InChI is InChI=1S/C16H17NO2/c1-3-19-16(18)10-12(2)17-15-9-8-13-6-4-5-7-14(13)11-15/h4-11,17H,3H2,1-2H3. The van der Waals surface area contributed by atoms with Crippen molar-refractivity contribution in [3.05, 3.63) is 54.2 Å². The number of rotatable bonds is 4. The minimum Gasteiger partial charge on any atom is -0.463 e. The predicted octanol–water partition coefficient (Wildman–Crippen LogP) is 3.72. The zero-order valence-corrected chi connectivity index (χ0v) is 11.1. The molecule has 0 amide bonds. The van der Waals surface area contributed by atoms with Crippen LogP contribution in [0.3, 0.4) is 0 Å². The molecule has 2 aromatic rings. The number of hydrogen-bond donors (Lipinski definition) is 1. The van der Waals surface area contributed by atoms with Crippen LogP contribution >= 0.6 is 0 Å². The van der Waals surface area contributed by atoms with Crippen LogP contribution in [0.25, 0.3) is 10.8 Å². The maximum absolute atomic E-state index is 11.3. The largest absolute Gasteiger partial charge is 0.463 e. The van der Waals surface area contributed by atoms with Gasteiger partial charge in [-0.2, -0.15) is 0 Å². The van der Waals surface area contributed by atoms with Crippen LogP contribution in [0.1, 0.15) is 13.8 Å². The van der Waals surface area contributed by atoms with Gasteiger partial charge in [0.15, 0.2) is 0 Å². The molecule has 19 heavy (non-hydrogen) atoms. The molecule has 98 valence electrons. The van der Waals surface area contributed by atoms with Gasteiger partial charge in [-0.25, -0.2) is 4.79 Å². The average Bonchev–Trinajstić information content (AvgIpc) is 2.38.